The summed E-state index contributed by atoms with van der Waals surface area (Å²) >= 11 is 0. The number of carbonyl (C=O) groups excluding carboxylic acids is 2. The molecular weight excluding hydrogens is 342 g/mol. The molecule has 7 nitrogen and oxygen atoms in total. The Kier molecular flexibility index (Phi) is 5.73. The third-order valence-electron chi connectivity index (χ3n) is 3.62. The topological polar surface area (TPSA) is 96.0 Å². The molecule has 2 amide bonds. The predicted molar refractivity (Wildman–Crippen MR) is 104 cm³/mol. The van der Waals surface area contributed by atoms with E-state index >= 15 is 0 Å². The quantitative estimate of drug-likeness (QED) is 0.627. The summed E-state index contributed by atoms with van der Waals surface area (Å²) in [6.45, 7) is 1.80. The van der Waals surface area contributed by atoms with E-state index in [2.05, 4.69) is 25.9 Å². The van der Waals surface area contributed by atoms with Crippen molar-refractivity contribution in [2.24, 2.45) is 0 Å². The first-order valence-corrected chi connectivity index (χ1v) is 8.39. The van der Waals surface area contributed by atoms with Gasteiger partial charge in [-0.05, 0) is 42.5 Å². The number of rotatable bonds is 6. The molecule has 136 valence electrons. The minimum absolute atomic E-state index is 0.130. The summed E-state index contributed by atoms with van der Waals surface area (Å²) in [7, 11) is 0. The summed E-state index contributed by atoms with van der Waals surface area (Å²) in [6, 6.07) is 16.3. The minimum Gasteiger partial charge on any atom is -0.354 e. The number of anilines is 3. The molecule has 2 heterocycles. The normalized spacial score (nSPS) is 10.1. The van der Waals surface area contributed by atoms with E-state index in [9.17, 15) is 9.59 Å². The molecule has 7 heteroatoms. The number of aromatic nitrogens is 2. The highest BCUT2D eigenvalue weighted by Crippen LogP contribution is 2.19. The maximum Gasteiger partial charge on any atom is 0.270 e. The molecule has 0 aliphatic rings. The second kappa shape index (κ2) is 8.57. The van der Waals surface area contributed by atoms with Gasteiger partial charge in [-0.1, -0.05) is 12.1 Å². The van der Waals surface area contributed by atoms with E-state index in [1.54, 1.807) is 30.6 Å². The lowest BCUT2D eigenvalue weighted by Crippen LogP contribution is -2.24. The number of hydrogen-bond donors (Lipinski definition) is 3. The van der Waals surface area contributed by atoms with Crippen LogP contribution in [0.3, 0.4) is 0 Å². The zero-order valence-electron chi connectivity index (χ0n) is 14.8. The predicted octanol–water partition coefficient (Wildman–Crippen LogP) is 3.11. The molecule has 0 aliphatic carbocycles. The molecule has 0 fully saturated rings. The number of hydrogen-bond acceptors (Lipinski definition) is 5. The highest BCUT2D eigenvalue weighted by Gasteiger charge is 2.07. The molecule has 3 aromatic rings. The second-order valence-electron chi connectivity index (χ2n) is 5.82. The van der Waals surface area contributed by atoms with E-state index in [1.165, 1.54) is 6.92 Å². The zero-order valence-corrected chi connectivity index (χ0v) is 14.8. The lowest BCUT2D eigenvalue weighted by atomic mass is 10.2. The minimum atomic E-state index is -0.264. The smallest absolute Gasteiger partial charge is 0.270 e. The SMILES string of the molecule is CC(=O)Nc1cccc(Nc2ccc(C(=O)NCc3ccccn3)nc2)c1. The molecule has 1 aromatic carbocycles. The molecule has 0 radical (unpaired) electrons. The van der Waals surface area contributed by atoms with E-state index in [0.29, 0.717) is 17.9 Å². The fourth-order valence-corrected chi connectivity index (χ4v) is 2.41. The second-order valence-corrected chi connectivity index (χ2v) is 5.82. The lowest BCUT2D eigenvalue weighted by Gasteiger charge is -2.09. The van der Waals surface area contributed by atoms with Gasteiger partial charge in [0.1, 0.15) is 5.69 Å². The Hall–Kier alpha value is -3.74. The Bertz CT molecular complexity index is 927. The molecule has 3 N–H and O–H groups in total. The van der Waals surface area contributed by atoms with E-state index in [1.807, 2.05) is 36.4 Å². The maximum absolute atomic E-state index is 12.2. The van der Waals surface area contributed by atoms with Crippen LogP contribution < -0.4 is 16.0 Å². The summed E-state index contributed by atoms with van der Waals surface area (Å²) in [5.74, 6) is -0.394. The zero-order chi connectivity index (χ0) is 19.1. The standard InChI is InChI=1S/C20H19N5O2/c1-14(26)24-15-6-4-7-16(11-15)25-18-8-9-19(22-13-18)20(27)23-12-17-5-2-3-10-21-17/h2-11,13,25H,12H2,1H3,(H,23,27)(H,24,26). The van der Waals surface area contributed by atoms with Gasteiger partial charge in [0.2, 0.25) is 5.91 Å². The van der Waals surface area contributed by atoms with E-state index in [0.717, 1.165) is 17.1 Å². The van der Waals surface area contributed by atoms with Gasteiger partial charge < -0.3 is 16.0 Å². The number of nitrogens with one attached hydrogen (secondary N) is 3. The summed E-state index contributed by atoms with van der Waals surface area (Å²) in [5, 5.41) is 8.70. The molecule has 27 heavy (non-hydrogen) atoms. The van der Waals surface area contributed by atoms with Crippen molar-refractivity contribution in [3.63, 3.8) is 0 Å². The molecule has 0 bridgehead atoms. The Labute approximate surface area is 156 Å². The molecule has 2 aromatic heterocycles. The summed E-state index contributed by atoms with van der Waals surface area (Å²) in [5.41, 5.74) is 3.34. The number of benzene rings is 1. The van der Waals surface area contributed by atoms with Gasteiger partial charge in [-0.3, -0.25) is 14.6 Å². The van der Waals surface area contributed by atoms with Crippen LogP contribution in [-0.4, -0.2) is 21.8 Å². The van der Waals surface area contributed by atoms with Crippen LogP contribution >= 0.6 is 0 Å². The Morgan fingerprint density at radius 2 is 1.78 bits per heavy atom. The van der Waals surface area contributed by atoms with Crippen molar-refractivity contribution in [2.45, 2.75) is 13.5 Å². The van der Waals surface area contributed by atoms with Gasteiger partial charge in [-0.25, -0.2) is 4.98 Å². The maximum atomic E-state index is 12.2. The van der Waals surface area contributed by atoms with E-state index in [4.69, 9.17) is 0 Å². The van der Waals surface area contributed by atoms with Crippen molar-refractivity contribution < 1.29 is 9.59 Å². The molecule has 3 rings (SSSR count). The monoisotopic (exact) mass is 361 g/mol. The molecule has 0 saturated carbocycles. The first-order valence-electron chi connectivity index (χ1n) is 8.39. The summed E-state index contributed by atoms with van der Waals surface area (Å²) < 4.78 is 0. The highest BCUT2D eigenvalue weighted by molar-refractivity contribution is 5.92. The van der Waals surface area contributed by atoms with Gasteiger partial charge >= 0.3 is 0 Å². The average Bonchev–Trinajstić information content (AvgIpc) is 2.67. The van der Waals surface area contributed by atoms with Crippen LogP contribution in [0.1, 0.15) is 23.1 Å². The molecule has 0 atom stereocenters. The largest absolute Gasteiger partial charge is 0.354 e. The van der Waals surface area contributed by atoms with Crippen molar-refractivity contribution in [1.29, 1.82) is 0 Å². The van der Waals surface area contributed by atoms with Crippen LogP contribution in [0.2, 0.25) is 0 Å². The number of nitrogens with zero attached hydrogens (tertiary/aromatic N) is 2. The van der Waals surface area contributed by atoms with Crippen LogP contribution in [0.25, 0.3) is 0 Å². The van der Waals surface area contributed by atoms with E-state index in [-0.39, 0.29) is 11.8 Å². The number of amides is 2. The Morgan fingerprint density at radius 1 is 0.926 bits per heavy atom. The van der Waals surface area contributed by atoms with Crippen molar-refractivity contribution >= 4 is 28.9 Å². The Balaban J connectivity index is 1.60. The van der Waals surface area contributed by atoms with Crippen molar-refractivity contribution in [2.75, 3.05) is 10.6 Å². The first-order chi connectivity index (χ1) is 13.1. The van der Waals surface area contributed by atoms with Gasteiger partial charge in [0, 0.05) is 24.5 Å². The van der Waals surface area contributed by atoms with Crippen LogP contribution in [0.5, 0.6) is 0 Å². The molecule has 0 spiro atoms. The molecule has 0 saturated heterocycles. The van der Waals surface area contributed by atoms with Gasteiger partial charge in [-0.2, -0.15) is 0 Å². The summed E-state index contributed by atoms with van der Waals surface area (Å²) in [6.07, 6.45) is 3.27. The molecular formula is C20H19N5O2. The van der Waals surface area contributed by atoms with Gasteiger partial charge in [-0.15, -0.1) is 0 Å². The van der Waals surface area contributed by atoms with Gasteiger partial charge in [0.25, 0.3) is 5.91 Å². The average molecular weight is 361 g/mol. The number of pyridine rings is 2. The molecule has 0 unspecified atom stereocenters. The van der Waals surface area contributed by atoms with Crippen LogP contribution in [0.15, 0.2) is 67.0 Å². The van der Waals surface area contributed by atoms with Crippen LogP contribution in [0.4, 0.5) is 17.1 Å². The fraction of sp³-hybridized carbons (Fsp3) is 0.100. The van der Waals surface area contributed by atoms with Crippen molar-refractivity contribution in [3.8, 4) is 0 Å². The third-order valence-corrected chi connectivity index (χ3v) is 3.62. The van der Waals surface area contributed by atoms with Crippen molar-refractivity contribution in [3.05, 3.63) is 78.4 Å². The summed E-state index contributed by atoms with van der Waals surface area (Å²) in [4.78, 5) is 31.7. The van der Waals surface area contributed by atoms with E-state index < -0.39 is 0 Å². The lowest BCUT2D eigenvalue weighted by molar-refractivity contribution is -0.114. The fourth-order valence-electron chi connectivity index (χ4n) is 2.41. The van der Waals surface area contributed by atoms with Gasteiger partial charge in [0.05, 0.1) is 24.1 Å². The van der Waals surface area contributed by atoms with Crippen LogP contribution in [0, 0.1) is 0 Å². The molecule has 0 aliphatic heterocycles. The number of carbonyl (C=O) groups is 2. The van der Waals surface area contributed by atoms with Gasteiger partial charge in [0.15, 0.2) is 0 Å². The third kappa shape index (κ3) is 5.37. The van der Waals surface area contributed by atoms with Crippen molar-refractivity contribution in [1.82, 2.24) is 15.3 Å². The highest BCUT2D eigenvalue weighted by atomic mass is 16.2. The van der Waals surface area contributed by atoms with Crippen LogP contribution in [-0.2, 0) is 11.3 Å². The Morgan fingerprint density at radius 3 is 2.48 bits per heavy atom. The first kappa shape index (κ1) is 18.1.